The maximum absolute atomic E-state index is 13.1. The van der Waals surface area contributed by atoms with Crippen molar-refractivity contribution < 1.29 is 22.4 Å². The predicted octanol–water partition coefficient (Wildman–Crippen LogP) is 2.88. The van der Waals surface area contributed by atoms with Crippen LogP contribution in [0.2, 0.25) is 0 Å². The SMILES string of the molecule is O=C(CC1CSCCN1)Nc1ccc(F)c(C(F)(F)F)c1. The first kappa shape index (κ1) is 16.1. The van der Waals surface area contributed by atoms with Gasteiger partial charge in [0.05, 0.1) is 5.56 Å². The lowest BCUT2D eigenvalue weighted by Crippen LogP contribution is -2.39. The number of carbonyl (C=O) groups is 1. The zero-order chi connectivity index (χ0) is 15.5. The van der Waals surface area contributed by atoms with E-state index in [9.17, 15) is 22.4 Å². The molecule has 0 aliphatic carbocycles. The van der Waals surface area contributed by atoms with Gasteiger partial charge in [-0.25, -0.2) is 4.39 Å². The third kappa shape index (κ3) is 4.60. The van der Waals surface area contributed by atoms with Crippen LogP contribution in [0.15, 0.2) is 18.2 Å². The van der Waals surface area contributed by atoms with Gasteiger partial charge in [-0.1, -0.05) is 0 Å². The summed E-state index contributed by atoms with van der Waals surface area (Å²) in [6.07, 6.45) is -4.61. The number of halogens is 4. The normalized spacial score (nSPS) is 19.3. The highest BCUT2D eigenvalue weighted by molar-refractivity contribution is 7.99. The number of hydrogen-bond acceptors (Lipinski definition) is 3. The average molecular weight is 322 g/mol. The first-order chi connectivity index (χ1) is 9.86. The Morgan fingerprint density at radius 2 is 2.19 bits per heavy atom. The molecule has 1 aromatic carbocycles. The van der Waals surface area contributed by atoms with E-state index in [2.05, 4.69) is 10.6 Å². The first-order valence-corrected chi connectivity index (χ1v) is 7.49. The Balaban J connectivity index is 2.00. The maximum Gasteiger partial charge on any atom is 0.419 e. The lowest BCUT2D eigenvalue weighted by Gasteiger charge is -2.22. The molecule has 1 saturated heterocycles. The van der Waals surface area contributed by atoms with Gasteiger partial charge < -0.3 is 10.6 Å². The molecule has 0 saturated carbocycles. The molecule has 1 aromatic rings. The van der Waals surface area contributed by atoms with E-state index >= 15 is 0 Å². The van der Waals surface area contributed by atoms with Crippen molar-refractivity contribution in [1.29, 1.82) is 0 Å². The van der Waals surface area contributed by atoms with Crippen molar-refractivity contribution in [3.05, 3.63) is 29.6 Å². The van der Waals surface area contributed by atoms with Gasteiger partial charge in [0.2, 0.25) is 5.91 Å². The number of carbonyl (C=O) groups excluding carboxylic acids is 1. The Morgan fingerprint density at radius 1 is 1.43 bits per heavy atom. The third-order valence-corrected chi connectivity index (χ3v) is 4.12. The lowest BCUT2D eigenvalue weighted by atomic mass is 10.1. The third-order valence-electron chi connectivity index (χ3n) is 2.99. The molecule has 1 atom stereocenters. The van der Waals surface area contributed by atoms with E-state index in [1.807, 2.05) is 0 Å². The molecule has 2 N–H and O–H groups in total. The molecule has 21 heavy (non-hydrogen) atoms. The summed E-state index contributed by atoms with van der Waals surface area (Å²) in [4.78, 5) is 11.8. The summed E-state index contributed by atoms with van der Waals surface area (Å²) in [5, 5.41) is 5.53. The fourth-order valence-corrected chi connectivity index (χ4v) is 2.96. The van der Waals surface area contributed by atoms with Gasteiger partial charge in [0.1, 0.15) is 5.82 Å². The number of thioether (sulfide) groups is 1. The van der Waals surface area contributed by atoms with Gasteiger partial charge >= 0.3 is 6.18 Å². The molecule has 1 fully saturated rings. The minimum absolute atomic E-state index is 0.00582. The van der Waals surface area contributed by atoms with Gasteiger partial charge in [-0.3, -0.25) is 4.79 Å². The summed E-state index contributed by atoms with van der Waals surface area (Å²) >= 11 is 1.72. The fourth-order valence-electron chi connectivity index (χ4n) is 2.01. The second kappa shape index (κ2) is 6.65. The van der Waals surface area contributed by atoms with Gasteiger partial charge in [0.25, 0.3) is 0 Å². The molecule has 1 heterocycles. The second-order valence-corrected chi connectivity index (χ2v) is 5.82. The highest BCUT2D eigenvalue weighted by Gasteiger charge is 2.34. The standard InChI is InChI=1S/C13H14F4N2OS/c14-11-2-1-8(5-10(11)13(15,16)17)19-12(20)6-9-7-21-4-3-18-9/h1-2,5,9,18H,3-4,6-7H2,(H,19,20). The van der Waals surface area contributed by atoms with Crippen molar-refractivity contribution in [1.82, 2.24) is 5.32 Å². The topological polar surface area (TPSA) is 41.1 Å². The highest BCUT2D eigenvalue weighted by Crippen LogP contribution is 2.33. The van der Waals surface area contributed by atoms with Gasteiger partial charge in [-0.05, 0) is 18.2 Å². The van der Waals surface area contributed by atoms with Crippen LogP contribution in [0.1, 0.15) is 12.0 Å². The van der Waals surface area contributed by atoms with Gasteiger partial charge in [0.15, 0.2) is 0 Å². The average Bonchev–Trinajstić information content (AvgIpc) is 2.41. The summed E-state index contributed by atoms with van der Waals surface area (Å²) in [5.74, 6) is 0.0101. The van der Waals surface area contributed by atoms with Crippen molar-refractivity contribution in [3.63, 3.8) is 0 Å². The number of hydrogen-bond donors (Lipinski definition) is 2. The minimum Gasteiger partial charge on any atom is -0.326 e. The number of alkyl halides is 3. The molecule has 0 aromatic heterocycles. The number of amides is 1. The molecule has 0 radical (unpaired) electrons. The van der Waals surface area contributed by atoms with Gasteiger partial charge in [-0.2, -0.15) is 24.9 Å². The van der Waals surface area contributed by atoms with E-state index in [1.165, 1.54) is 0 Å². The molecular formula is C13H14F4N2OS. The molecular weight excluding hydrogens is 308 g/mol. The molecule has 1 aliphatic heterocycles. The van der Waals surface area contributed by atoms with Gasteiger partial charge in [-0.15, -0.1) is 0 Å². The molecule has 3 nitrogen and oxygen atoms in total. The Morgan fingerprint density at radius 3 is 2.81 bits per heavy atom. The Bertz CT molecular complexity index is 515. The van der Waals surface area contributed by atoms with E-state index < -0.39 is 23.5 Å². The van der Waals surface area contributed by atoms with Crippen LogP contribution in [-0.2, 0) is 11.0 Å². The van der Waals surface area contributed by atoms with Crippen LogP contribution in [0.5, 0.6) is 0 Å². The number of anilines is 1. The van der Waals surface area contributed by atoms with Crippen LogP contribution in [0.3, 0.4) is 0 Å². The van der Waals surface area contributed by atoms with E-state index in [0.29, 0.717) is 12.1 Å². The van der Waals surface area contributed by atoms with Crippen LogP contribution < -0.4 is 10.6 Å². The van der Waals surface area contributed by atoms with Crippen molar-refractivity contribution in [2.45, 2.75) is 18.6 Å². The van der Waals surface area contributed by atoms with Crippen LogP contribution in [0.4, 0.5) is 23.2 Å². The van der Waals surface area contributed by atoms with Crippen molar-refractivity contribution in [2.24, 2.45) is 0 Å². The fraction of sp³-hybridized carbons (Fsp3) is 0.462. The minimum atomic E-state index is -4.79. The van der Waals surface area contributed by atoms with Gasteiger partial charge in [0, 0.05) is 36.2 Å². The molecule has 8 heteroatoms. The monoisotopic (exact) mass is 322 g/mol. The molecule has 1 aliphatic rings. The summed E-state index contributed by atoms with van der Waals surface area (Å²) in [5.41, 5.74) is -1.44. The predicted molar refractivity (Wildman–Crippen MR) is 73.8 cm³/mol. The van der Waals surface area contributed by atoms with E-state index in [-0.39, 0.29) is 18.2 Å². The smallest absolute Gasteiger partial charge is 0.326 e. The van der Waals surface area contributed by atoms with Crippen LogP contribution >= 0.6 is 11.8 Å². The maximum atomic E-state index is 13.1. The van der Waals surface area contributed by atoms with E-state index in [1.54, 1.807) is 11.8 Å². The van der Waals surface area contributed by atoms with Crippen LogP contribution in [0, 0.1) is 5.82 Å². The quantitative estimate of drug-likeness (QED) is 0.841. The molecule has 1 amide bonds. The molecule has 0 spiro atoms. The highest BCUT2D eigenvalue weighted by atomic mass is 32.2. The number of rotatable bonds is 3. The Labute approximate surface area is 123 Å². The van der Waals surface area contributed by atoms with E-state index in [4.69, 9.17) is 0 Å². The van der Waals surface area contributed by atoms with Crippen molar-refractivity contribution in [3.8, 4) is 0 Å². The van der Waals surface area contributed by atoms with Crippen molar-refractivity contribution in [2.75, 3.05) is 23.4 Å². The van der Waals surface area contributed by atoms with Crippen molar-refractivity contribution >= 4 is 23.4 Å². The molecule has 1 unspecified atom stereocenters. The number of benzene rings is 1. The molecule has 0 bridgehead atoms. The zero-order valence-corrected chi connectivity index (χ0v) is 11.8. The largest absolute Gasteiger partial charge is 0.419 e. The summed E-state index contributed by atoms with van der Waals surface area (Å²) in [6.45, 7) is 0.803. The summed E-state index contributed by atoms with van der Waals surface area (Å²) in [7, 11) is 0. The first-order valence-electron chi connectivity index (χ1n) is 6.34. The summed E-state index contributed by atoms with van der Waals surface area (Å²) in [6, 6.07) is 2.43. The van der Waals surface area contributed by atoms with E-state index in [0.717, 1.165) is 24.1 Å². The second-order valence-electron chi connectivity index (χ2n) is 4.67. The Hall–Kier alpha value is -1.28. The van der Waals surface area contributed by atoms with Crippen LogP contribution in [-0.4, -0.2) is 30.0 Å². The summed E-state index contributed by atoms with van der Waals surface area (Å²) < 4.78 is 50.9. The Kier molecular flexibility index (Phi) is 5.10. The molecule has 2 rings (SSSR count). The zero-order valence-electron chi connectivity index (χ0n) is 11.0. The van der Waals surface area contributed by atoms with Crippen LogP contribution in [0.25, 0.3) is 0 Å². The number of nitrogens with one attached hydrogen (secondary N) is 2. The molecule has 116 valence electrons. The lowest BCUT2D eigenvalue weighted by molar-refractivity contribution is -0.140.